The first-order chi connectivity index (χ1) is 14.1. The Morgan fingerprint density at radius 2 is 1.48 bits per heavy atom. The first kappa shape index (κ1) is 19.4. The van der Waals surface area contributed by atoms with Crippen molar-refractivity contribution in [2.24, 2.45) is 0 Å². The lowest BCUT2D eigenvalue weighted by atomic mass is 10.2. The Hall–Kier alpha value is -2.92. The van der Waals surface area contributed by atoms with Gasteiger partial charge in [0.2, 0.25) is 11.9 Å². The molecule has 154 valence electrons. The monoisotopic (exact) mass is 401 g/mol. The third-order valence-electron chi connectivity index (χ3n) is 4.63. The quantitative estimate of drug-likeness (QED) is 0.656. The zero-order chi connectivity index (χ0) is 20.2. The van der Waals surface area contributed by atoms with Crippen molar-refractivity contribution in [1.82, 2.24) is 24.9 Å². The van der Waals surface area contributed by atoms with Crippen molar-refractivity contribution in [3.05, 3.63) is 11.9 Å². The number of esters is 1. The molecule has 0 aliphatic carbocycles. The van der Waals surface area contributed by atoms with Crippen LogP contribution in [0.2, 0.25) is 0 Å². The summed E-state index contributed by atoms with van der Waals surface area (Å²) in [5.41, 5.74) is 1.27. The molecule has 2 saturated heterocycles. The van der Waals surface area contributed by atoms with Gasteiger partial charge in [0, 0.05) is 39.3 Å². The number of carbonyl (C=O) groups excluding carboxylic acids is 1. The van der Waals surface area contributed by atoms with E-state index in [2.05, 4.69) is 29.7 Å². The van der Waals surface area contributed by atoms with E-state index in [0.29, 0.717) is 81.6 Å². The standard InChI is InChI=1S/C18H23N7O4/c1-12-14(11-19-18(20-12)29-13(2)26)15-21-16(24-3-7-27-8-4-24)23-17(22-15)25-5-9-28-10-6-25/h11H,3-10H2,1-2H3. The molecule has 0 bridgehead atoms. The number of aryl methyl sites for hydroxylation is 1. The second-order valence-electron chi connectivity index (χ2n) is 6.70. The molecular weight excluding hydrogens is 378 g/mol. The summed E-state index contributed by atoms with van der Waals surface area (Å²) in [6.07, 6.45) is 1.57. The van der Waals surface area contributed by atoms with Crippen molar-refractivity contribution in [2.45, 2.75) is 13.8 Å². The average molecular weight is 401 g/mol. The smallest absolute Gasteiger partial charge is 0.324 e. The molecule has 0 amide bonds. The molecule has 29 heavy (non-hydrogen) atoms. The minimum Gasteiger partial charge on any atom is -0.391 e. The summed E-state index contributed by atoms with van der Waals surface area (Å²) in [4.78, 5) is 37.7. The van der Waals surface area contributed by atoms with Crippen LogP contribution in [0.5, 0.6) is 6.01 Å². The summed E-state index contributed by atoms with van der Waals surface area (Å²) >= 11 is 0. The van der Waals surface area contributed by atoms with Gasteiger partial charge in [0.1, 0.15) is 0 Å². The molecule has 2 aliphatic heterocycles. The van der Waals surface area contributed by atoms with E-state index < -0.39 is 5.97 Å². The van der Waals surface area contributed by atoms with Crippen molar-refractivity contribution in [3.63, 3.8) is 0 Å². The molecule has 0 unspecified atom stereocenters. The van der Waals surface area contributed by atoms with Crippen LogP contribution >= 0.6 is 0 Å². The Morgan fingerprint density at radius 1 is 0.931 bits per heavy atom. The first-order valence-corrected chi connectivity index (χ1v) is 9.54. The number of rotatable bonds is 4. The lowest BCUT2D eigenvalue weighted by Crippen LogP contribution is -2.40. The van der Waals surface area contributed by atoms with Gasteiger partial charge in [-0.05, 0) is 6.92 Å². The molecule has 0 spiro atoms. The van der Waals surface area contributed by atoms with Crippen LogP contribution in [0.15, 0.2) is 6.20 Å². The molecule has 4 heterocycles. The molecule has 11 heteroatoms. The number of morpholine rings is 2. The van der Waals surface area contributed by atoms with E-state index in [-0.39, 0.29) is 6.01 Å². The largest absolute Gasteiger partial charge is 0.391 e. The van der Waals surface area contributed by atoms with Crippen LogP contribution in [0.4, 0.5) is 11.9 Å². The number of hydrogen-bond acceptors (Lipinski definition) is 11. The third-order valence-corrected chi connectivity index (χ3v) is 4.63. The van der Waals surface area contributed by atoms with E-state index in [1.54, 1.807) is 13.1 Å². The summed E-state index contributed by atoms with van der Waals surface area (Å²) in [7, 11) is 0. The summed E-state index contributed by atoms with van der Waals surface area (Å²) in [6, 6.07) is 0.00890. The maximum absolute atomic E-state index is 11.2. The highest BCUT2D eigenvalue weighted by molar-refractivity contribution is 5.68. The highest BCUT2D eigenvalue weighted by Crippen LogP contribution is 2.24. The Labute approximate surface area is 168 Å². The lowest BCUT2D eigenvalue weighted by Gasteiger charge is -2.30. The second-order valence-corrected chi connectivity index (χ2v) is 6.70. The molecular formula is C18H23N7O4. The minimum absolute atomic E-state index is 0.00890. The number of carbonyl (C=O) groups is 1. The predicted molar refractivity (Wildman–Crippen MR) is 103 cm³/mol. The first-order valence-electron chi connectivity index (χ1n) is 9.54. The Balaban J connectivity index is 1.72. The maximum atomic E-state index is 11.2. The van der Waals surface area contributed by atoms with Crippen molar-refractivity contribution < 1.29 is 19.0 Å². The fourth-order valence-electron chi connectivity index (χ4n) is 3.13. The van der Waals surface area contributed by atoms with Gasteiger partial charge in [-0.25, -0.2) is 4.98 Å². The van der Waals surface area contributed by atoms with Crippen molar-refractivity contribution >= 4 is 17.9 Å². The van der Waals surface area contributed by atoms with Crippen LogP contribution in [0.25, 0.3) is 11.4 Å². The van der Waals surface area contributed by atoms with Gasteiger partial charge in [-0.3, -0.25) is 4.79 Å². The lowest BCUT2D eigenvalue weighted by molar-refractivity contribution is -0.132. The average Bonchev–Trinajstić information content (AvgIpc) is 2.74. The fourth-order valence-corrected chi connectivity index (χ4v) is 3.13. The Morgan fingerprint density at radius 3 is 1.97 bits per heavy atom. The van der Waals surface area contributed by atoms with Gasteiger partial charge in [0.25, 0.3) is 0 Å². The SMILES string of the molecule is CC(=O)Oc1ncc(-c2nc(N3CCOCC3)nc(N3CCOCC3)n2)c(C)n1. The zero-order valence-electron chi connectivity index (χ0n) is 16.5. The van der Waals surface area contributed by atoms with Gasteiger partial charge in [-0.2, -0.15) is 19.9 Å². The van der Waals surface area contributed by atoms with E-state index in [1.165, 1.54) is 6.92 Å². The maximum Gasteiger partial charge on any atom is 0.324 e. The zero-order valence-corrected chi connectivity index (χ0v) is 16.5. The van der Waals surface area contributed by atoms with Crippen LogP contribution in [0.1, 0.15) is 12.6 Å². The predicted octanol–water partition coefficient (Wildman–Crippen LogP) is 0.236. The van der Waals surface area contributed by atoms with E-state index in [9.17, 15) is 4.79 Å². The molecule has 0 atom stereocenters. The topological polar surface area (TPSA) is 116 Å². The highest BCUT2D eigenvalue weighted by atomic mass is 16.5. The van der Waals surface area contributed by atoms with Crippen LogP contribution < -0.4 is 14.5 Å². The summed E-state index contributed by atoms with van der Waals surface area (Å²) < 4.78 is 15.9. The van der Waals surface area contributed by atoms with Crippen LogP contribution in [0, 0.1) is 6.92 Å². The summed E-state index contributed by atoms with van der Waals surface area (Å²) in [5, 5.41) is 0. The fraction of sp³-hybridized carbons (Fsp3) is 0.556. The minimum atomic E-state index is -0.471. The van der Waals surface area contributed by atoms with Gasteiger partial charge < -0.3 is 24.0 Å². The summed E-state index contributed by atoms with van der Waals surface area (Å²) in [6.45, 7) is 8.50. The molecule has 0 radical (unpaired) electrons. The van der Waals surface area contributed by atoms with Gasteiger partial charge in [0.05, 0.1) is 37.7 Å². The van der Waals surface area contributed by atoms with Gasteiger partial charge in [-0.15, -0.1) is 0 Å². The number of nitrogens with zero attached hydrogens (tertiary/aromatic N) is 7. The molecule has 2 aliphatic rings. The van der Waals surface area contributed by atoms with Crippen LogP contribution in [-0.2, 0) is 14.3 Å². The molecule has 0 N–H and O–H groups in total. The third kappa shape index (κ3) is 4.57. The number of ether oxygens (including phenoxy) is 3. The van der Waals surface area contributed by atoms with Gasteiger partial charge >= 0.3 is 12.0 Å². The number of aromatic nitrogens is 5. The van der Waals surface area contributed by atoms with E-state index in [4.69, 9.17) is 19.2 Å². The number of anilines is 2. The Kier molecular flexibility index (Phi) is 5.76. The van der Waals surface area contributed by atoms with E-state index in [1.807, 2.05) is 0 Å². The highest BCUT2D eigenvalue weighted by Gasteiger charge is 2.22. The molecule has 4 rings (SSSR count). The van der Waals surface area contributed by atoms with Crippen molar-refractivity contribution in [3.8, 4) is 17.4 Å². The van der Waals surface area contributed by atoms with Crippen LogP contribution in [-0.4, -0.2) is 83.5 Å². The van der Waals surface area contributed by atoms with E-state index in [0.717, 1.165) is 0 Å². The number of hydrogen-bond donors (Lipinski definition) is 0. The molecule has 11 nitrogen and oxygen atoms in total. The van der Waals surface area contributed by atoms with Crippen molar-refractivity contribution in [2.75, 3.05) is 62.4 Å². The molecule has 0 aromatic carbocycles. The second kappa shape index (κ2) is 8.62. The normalized spacial score (nSPS) is 17.3. The Bertz CT molecular complexity index is 846. The van der Waals surface area contributed by atoms with Gasteiger partial charge in [-0.1, -0.05) is 0 Å². The van der Waals surface area contributed by atoms with E-state index >= 15 is 0 Å². The molecule has 2 fully saturated rings. The molecule has 2 aromatic heterocycles. The molecule has 2 aromatic rings. The van der Waals surface area contributed by atoms with Crippen molar-refractivity contribution in [1.29, 1.82) is 0 Å². The van der Waals surface area contributed by atoms with Gasteiger partial charge in [0.15, 0.2) is 5.82 Å². The summed E-state index contributed by atoms with van der Waals surface area (Å²) in [5.74, 6) is 1.21. The van der Waals surface area contributed by atoms with Crippen LogP contribution in [0.3, 0.4) is 0 Å². The molecule has 0 saturated carbocycles.